The number of thiazole rings is 1. The molecule has 1 aromatic heterocycles. The van der Waals surface area contributed by atoms with Gasteiger partial charge in [-0.3, -0.25) is 9.69 Å². The van der Waals surface area contributed by atoms with E-state index in [9.17, 15) is 9.90 Å². The van der Waals surface area contributed by atoms with Gasteiger partial charge in [-0.15, -0.1) is 11.3 Å². The Morgan fingerprint density at radius 2 is 2.14 bits per heavy atom. The third-order valence-corrected chi connectivity index (χ3v) is 5.04. The van der Waals surface area contributed by atoms with Crippen molar-refractivity contribution >= 4 is 17.3 Å². The second kappa shape index (κ2) is 7.03. The molecule has 0 unspecified atom stereocenters. The summed E-state index contributed by atoms with van der Waals surface area (Å²) >= 11 is 1.68. The maximum Gasteiger partial charge on any atom is 0.320 e. The van der Waals surface area contributed by atoms with E-state index in [0.29, 0.717) is 6.54 Å². The van der Waals surface area contributed by atoms with Crippen LogP contribution >= 0.6 is 11.3 Å². The molecule has 0 radical (unpaired) electrons. The van der Waals surface area contributed by atoms with Crippen LogP contribution in [-0.2, 0) is 24.2 Å². The van der Waals surface area contributed by atoms with Gasteiger partial charge in [0.05, 0.1) is 10.7 Å². The predicted octanol–water partition coefficient (Wildman–Crippen LogP) is 2.98. The maximum absolute atomic E-state index is 11.2. The van der Waals surface area contributed by atoms with Crippen molar-refractivity contribution in [2.75, 3.05) is 6.54 Å². The Hall–Kier alpha value is -1.72. The van der Waals surface area contributed by atoms with E-state index < -0.39 is 5.97 Å². The van der Waals surface area contributed by atoms with Crippen LogP contribution in [0.5, 0.6) is 0 Å². The molecule has 1 aliphatic rings. The molecule has 22 heavy (non-hydrogen) atoms. The smallest absolute Gasteiger partial charge is 0.320 e. The first kappa shape index (κ1) is 15.2. The Morgan fingerprint density at radius 3 is 2.91 bits per heavy atom. The summed E-state index contributed by atoms with van der Waals surface area (Å²) in [6.45, 7) is 1.51. The molecule has 0 spiro atoms. The number of carboxylic acids is 1. The van der Waals surface area contributed by atoms with Gasteiger partial charge < -0.3 is 5.11 Å². The number of likely N-dealkylation sites (tertiary alicyclic amines) is 1. The van der Waals surface area contributed by atoms with E-state index >= 15 is 0 Å². The van der Waals surface area contributed by atoms with Gasteiger partial charge in [-0.25, -0.2) is 4.98 Å². The summed E-state index contributed by atoms with van der Waals surface area (Å²) in [4.78, 5) is 17.9. The van der Waals surface area contributed by atoms with Crippen molar-refractivity contribution in [3.8, 4) is 0 Å². The quantitative estimate of drug-likeness (QED) is 0.890. The third-order valence-electron chi connectivity index (χ3n) is 4.08. The number of hydrogen-bond acceptors (Lipinski definition) is 4. The van der Waals surface area contributed by atoms with Crippen molar-refractivity contribution in [1.29, 1.82) is 0 Å². The Kier molecular flexibility index (Phi) is 4.85. The van der Waals surface area contributed by atoms with Crippen LogP contribution in [0.25, 0.3) is 0 Å². The van der Waals surface area contributed by atoms with Gasteiger partial charge in [-0.2, -0.15) is 0 Å². The summed E-state index contributed by atoms with van der Waals surface area (Å²) in [6.07, 6.45) is 3.65. The highest BCUT2D eigenvalue weighted by Gasteiger charge is 2.30. The zero-order chi connectivity index (χ0) is 15.4. The fourth-order valence-electron chi connectivity index (χ4n) is 2.94. The molecule has 2 heterocycles. The highest BCUT2D eigenvalue weighted by atomic mass is 32.1. The van der Waals surface area contributed by atoms with Crippen LogP contribution in [0.2, 0.25) is 0 Å². The fourth-order valence-corrected chi connectivity index (χ4v) is 3.72. The minimum Gasteiger partial charge on any atom is -0.480 e. The first-order valence-corrected chi connectivity index (χ1v) is 8.54. The van der Waals surface area contributed by atoms with Crippen LogP contribution in [0, 0.1) is 0 Å². The monoisotopic (exact) mass is 316 g/mol. The lowest BCUT2D eigenvalue weighted by molar-refractivity contribution is -0.142. The Balaban J connectivity index is 1.56. The number of nitrogens with zero attached hydrogens (tertiary/aromatic N) is 2. The number of benzene rings is 1. The summed E-state index contributed by atoms with van der Waals surface area (Å²) in [5.74, 6) is -0.711. The van der Waals surface area contributed by atoms with Crippen molar-refractivity contribution in [3.05, 3.63) is 52.0 Å². The van der Waals surface area contributed by atoms with Crippen LogP contribution in [0.3, 0.4) is 0 Å². The molecule has 0 amide bonds. The van der Waals surface area contributed by atoms with E-state index in [0.717, 1.165) is 42.9 Å². The Bertz CT molecular complexity index is 627. The fraction of sp³-hybridized carbons (Fsp3) is 0.412. The first-order chi connectivity index (χ1) is 10.7. The van der Waals surface area contributed by atoms with E-state index in [4.69, 9.17) is 0 Å². The Labute approximate surface area is 134 Å². The standard InChI is InChI=1S/C17H20N2O2S/c20-17(21)15-7-4-10-19(15)11-14-12-22-16(18-14)9-8-13-5-2-1-3-6-13/h1-3,5-6,12,15H,4,7-11H2,(H,20,21)/t15-/m1/s1. The molecular formula is C17H20N2O2S. The minimum atomic E-state index is -0.711. The molecule has 1 N–H and O–H groups in total. The summed E-state index contributed by atoms with van der Waals surface area (Å²) in [5.41, 5.74) is 2.32. The van der Waals surface area contributed by atoms with Gasteiger partial charge in [-0.1, -0.05) is 30.3 Å². The van der Waals surface area contributed by atoms with Crippen LogP contribution in [0.15, 0.2) is 35.7 Å². The normalized spacial score (nSPS) is 18.6. The maximum atomic E-state index is 11.2. The van der Waals surface area contributed by atoms with Crippen molar-refractivity contribution in [2.45, 2.75) is 38.3 Å². The van der Waals surface area contributed by atoms with Gasteiger partial charge in [0, 0.05) is 18.3 Å². The molecule has 1 atom stereocenters. The lowest BCUT2D eigenvalue weighted by atomic mass is 10.1. The van der Waals surface area contributed by atoms with Gasteiger partial charge in [0.1, 0.15) is 6.04 Å². The topological polar surface area (TPSA) is 53.4 Å². The summed E-state index contributed by atoms with van der Waals surface area (Å²) in [5, 5.41) is 12.4. The van der Waals surface area contributed by atoms with Gasteiger partial charge in [0.25, 0.3) is 0 Å². The number of aromatic nitrogens is 1. The van der Waals surface area contributed by atoms with E-state index in [2.05, 4.69) is 34.6 Å². The molecule has 2 aromatic rings. The molecule has 1 aliphatic heterocycles. The molecule has 1 saturated heterocycles. The zero-order valence-electron chi connectivity index (χ0n) is 12.4. The van der Waals surface area contributed by atoms with Crippen molar-refractivity contribution in [1.82, 2.24) is 9.88 Å². The minimum absolute atomic E-state index is 0.338. The summed E-state index contributed by atoms with van der Waals surface area (Å²) in [7, 11) is 0. The van der Waals surface area contributed by atoms with Crippen LogP contribution in [-0.4, -0.2) is 33.5 Å². The average Bonchev–Trinajstić information content (AvgIpc) is 3.16. The molecular weight excluding hydrogens is 296 g/mol. The first-order valence-electron chi connectivity index (χ1n) is 7.66. The van der Waals surface area contributed by atoms with Crippen LogP contribution in [0.4, 0.5) is 0 Å². The number of carboxylic acid groups (broad SMARTS) is 1. The van der Waals surface area contributed by atoms with Gasteiger partial charge in [-0.05, 0) is 31.4 Å². The van der Waals surface area contributed by atoms with Gasteiger partial charge in [0.15, 0.2) is 0 Å². The molecule has 1 fully saturated rings. The summed E-state index contributed by atoms with van der Waals surface area (Å²) < 4.78 is 0. The van der Waals surface area contributed by atoms with Crippen molar-refractivity contribution in [3.63, 3.8) is 0 Å². The van der Waals surface area contributed by atoms with Crippen LogP contribution < -0.4 is 0 Å². The molecule has 5 heteroatoms. The third kappa shape index (κ3) is 3.72. The molecule has 1 aromatic carbocycles. The van der Waals surface area contributed by atoms with Gasteiger partial charge >= 0.3 is 5.97 Å². The second-order valence-corrected chi connectivity index (χ2v) is 6.63. The van der Waals surface area contributed by atoms with Crippen LogP contribution in [0.1, 0.15) is 29.1 Å². The lowest BCUT2D eigenvalue weighted by Gasteiger charge is -2.19. The zero-order valence-corrected chi connectivity index (χ0v) is 13.3. The highest BCUT2D eigenvalue weighted by Crippen LogP contribution is 2.21. The number of hydrogen-bond donors (Lipinski definition) is 1. The number of aryl methyl sites for hydroxylation is 2. The van der Waals surface area contributed by atoms with Crippen molar-refractivity contribution < 1.29 is 9.90 Å². The highest BCUT2D eigenvalue weighted by molar-refractivity contribution is 7.09. The van der Waals surface area contributed by atoms with E-state index in [1.54, 1.807) is 11.3 Å². The number of carbonyl (C=O) groups is 1. The van der Waals surface area contributed by atoms with E-state index in [1.807, 2.05) is 11.0 Å². The van der Waals surface area contributed by atoms with E-state index in [-0.39, 0.29) is 6.04 Å². The number of rotatable bonds is 6. The summed E-state index contributed by atoms with van der Waals surface area (Å²) in [6, 6.07) is 10.1. The van der Waals surface area contributed by atoms with Crippen molar-refractivity contribution in [2.24, 2.45) is 0 Å². The lowest BCUT2D eigenvalue weighted by Crippen LogP contribution is -2.35. The Morgan fingerprint density at radius 1 is 1.32 bits per heavy atom. The molecule has 0 bridgehead atoms. The SMILES string of the molecule is O=C(O)[C@H]1CCCN1Cc1csc(CCc2ccccc2)n1. The average molecular weight is 316 g/mol. The molecule has 3 rings (SSSR count). The van der Waals surface area contributed by atoms with Gasteiger partial charge in [0.2, 0.25) is 0 Å². The molecule has 4 nitrogen and oxygen atoms in total. The largest absolute Gasteiger partial charge is 0.480 e. The second-order valence-electron chi connectivity index (χ2n) is 5.68. The number of aliphatic carboxylic acids is 1. The molecule has 0 saturated carbocycles. The predicted molar refractivity (Wildman–Crippen MR) is 87.0 cm³/mol. The molecule has 116 valence electrons. The molecule has 0 aliphatic carbocycles. The van der Waals surface area contributed by atoms with E-state index in [1.165, 1.54) is 5.56 Å².